The predicted octanol–water partition coefficient (Wildman–Crippen LogP) is 1.35. The Morgan fingerprint density at radius 1 is 1.27 bits per heavy atom. The van der Waals surface area contributed by atoms with E-state index >= 15 is 0 Å². The van der Waals surface area contributed by atoms with Crippen molar-refractivity contribution in [2.45, 2.75) is 6.54 Å². The lowest BCUT2D eigenvalue weighted by Gasteiger charge is -2.20. The van der Waals surface area contributed by atoms with Gasteiger partial charge in [0.15, 0.2) is 11.5 Å². The summed E-state index contributed by atoms with van der Waals surface area (Å²) < 4.78 is 16.0. The highest BCUT2D eigenvalue weighted by molar-refractivity contribution is 5.85. The second-order valence-corrected chi connectivity index (χ2v) is 3.01. The zero-order chi connectivity index (χ0) is 9.97. The molecule has 0 saturated carbocycles. The van der Waals surface area contributed by atoms with E-state index in [1.165, 1.54) is 0 Å². The summed E-state index contributed by atoms with van der Waals surface area (Å²) in [5.41, 5.74) is 6.51. The molecule has 0 spiro atoms. The number of hydrogen-bond donors (Lipinski definition) is 1. The van der Waals surface area contributed by atoms with Crippen molar-refractivity contribution in [3.8, 4) is 17.2 Å². The maximum absolute atomic E-state index is 5.58. The summed E-state index contributed by atoms with van der Waals surface area (Å²) in [4.78, 5) is 0. The van der Waals surface area contributed by atoms with Crippen LogP contribution in [0.15, 0.2) is 12.1 Å². The first-order valence-corrected chi connectivity index (χ1v) is 4.51. The molecule has 2 rings (SSSR count). The van der Waals surface area contributed by atoms with Crippen LogP contribution in [0.2, 0.25) is 0 Å². The van der Waals surface area contributed by atoms with Gasteiger partial charge in [-0.3, -0.25) is 0 Å². The quantitative estimate of drug-likeness (QED) is 0.835. The number of benzene rings is 1. The average molecular weight is 232 g/mol. The van der Waals surface area contributed by atoms with Gasteiger partial charge in [-0.25, -0.2) is 0 Å². The van der Waals surface area contributed by atoms with Crippen molar-refractivity contribution in [2.75, 3.05) is 20.3 Å². The van der Waals surface area contributed by atoms with Crippen LogP contribution in [0.5, 0.6) is 17.2 Å². The minimum Gasteiger partial charge on any atom is -0.496 e. The number of nitrogens with two attached hydrogens (primary N) is 1. The SMILES string of the molecule is COc1cc2c(cc1CN)OCCO2.Cl. The second-order valence-electron chi connectivity index (χ2n) is 3.01. The number of methoxy groups -OCH3 is 1. The molecule has 1 heterocycles. The molecule has 0 atom stereocenters. The highest BCUT2D eigenvalue weighted by Gasteiger charge is 2.15. The number of ether oxygens (including phenoxy) is 3. The molecule has 0 aromatic heterocycles. The fourth-order valence-electron chi connectivity index (χ4n) is 1.46. The molecule has 0 saturated heterocycles. The third kappa shape index (κ3) is 2.27. The molecule has 1 aromatic rings. The Morgan fingerprint density at radius 3 is 2.40 bits per heavy atom. The van der Waals surface area contributed by atoms with E-state index in [4.69, 9.17) is 19.9 Å². The molecule has 0 amide bonds. The van der Waals surface area contributed by atoms with Crippen LogP contribution in [-0.4, -0.2) is 20.3 Å². The van der Waals surface area contributed by atoms with Crippen LogP contribution >= 0.6 is 12.4 Å². The summed E-state index contributed by atoms with van der Waals surface area (Å²) in [5, 5.41) is 0. The maximum atomic E-state index is 5.58. The molecule has 0 fully saturated rings. The Bertz CT molecular complexity index is 299. The largest absolute Gasteiger partial charge is 0.496 e. The van der Waals surface area contributed by atoms with E-state index in [9.17, 15) is 0 Å². The lowest BCUT2D eigenvalue weighted by atomic mass is 10.1. The molecule has 84 valence electrons. The van der Waals surface area contributed by atoms with Crippen LogP contribution in [-0.2, 0) is 6.54 Å². The van der Waals surface area contributed by atoms with Gasteiger partial charge >= 0.3 is 0 Å². The zero-order valence-electron chi connectivity index (χ0n) is 8.49. The van der Waals surface area contributed by atoms with Gasteiger partial charge in [-0.05, 0) is 6.07 Å². The van der Waals surface area contributed by atoms with Gasteiger partial charge in [0.25, 0.3) is 0 Å². The molecule has 0 radical (unpaired) electrons. The predicted molar refractivity (Wildman–Crippen MR) is 59.1 cm³/mol. The monoisotopic (exact) mass is 231 g/mol. The second kappa shape index (κ2) is 5.09. The number of hydrogen-bond acceptors (Lipinski definition) is 4. The molecule has 2 N–H and O–H groups in total. The van der Waals surface area contributed by atoms with Crippen LogP contribution < -0.4 is 19.9 Å². The summed E-state index contributed by atoms with van der Waals surface area (Å²) in [6.45, 7) is 1.60. The molecule has 0 bridgehead atoms. The summed E-state index contributed by atoms with van der Waals surface area (Å²) in [7, 11) is 1.62. The van der Waals surface area contributed by atoms with Crippen LogP contribution in [0, 0.1) is 0 Å². The average Bonchev–Trinajstić information content (AvgIpc) is 2.27. The van der Waals surface area contributed by atoms with Gasteiger partial charge in [-0.15, -0.1) is 12.4 Å². The number of fused-ring (bicyclic) bond motifs is 1. The third-order valence-electron chi connectivity index (χ3n) is 2.17. The van der Waals surface area contributed by atoms with Crippen LogP contribution in [0.3, 0.4) is 0 Å². The minimum absolute atomic E-state index is 0. The fourth-order valence-corrected chi connectivity index (χ4v) is 1.46. The topological polar surface area (TPSA) is 53.7 Å². The van der Waals surface area contributed by atoms with Gasteiger partial charge in [-0.1, -0.05) is 0 Å². The normalized spacial score (nSPS) is 12.9. The lowest BCUT2D eigenvalue weighted by molar-refractivity contribution is 0.170. The molecular weight excluding hydrogens is 218 g/mol. The van der Waals surface area contributed by atoms with Crippen molar-refractivity contribution in [1.82, 2.24) is 0 Å². The molecular formula is C10H14ClNO3. The molecule has 1 aliphatic heterocycles. The molecule has 1 aliphatic rings. The van der Waals surface area contributed by atoms with E-state index in [1.807, 2.05) is 12.1 Å². The van der Waals surface area contributed by atoms with E-state index in [0.29, 0.717) is 19.8 Å². The zero-order valence-corrected chi connectivity index (χ0v) is 9.30. The van der Waals surface area contributed by atoms with E-state index in [0.717, 1.165) is 22.8 Å². The van der Waals surface area contributed by atoms with Crippen molar-refractivity contribution in [1.29, 1.82) is 0 Å². The van der Waals surface area contributed by atoms with Crippen LogP contribution in [0.25, 0.3) is 0 Å². The summed E-state index contributed by atoms with van der Waals surface area (Å²) >= 11 is 0. The van der Waals surface area contributed by atoms with Gasteiger partial charge in [0, 0.05) is 18.2 Å². The molecule has 0 unspecified atom stereocenters. The Morgan fingerprint density at radius 2 is 1.87 bits per heavy atom. The Hall–Kier alpha value is -1.13. The Balaban J connectivity index is 0.00000112. The molecule has 0 aliphatic carbocycles. The van der Waals surface area contributed by atoms with Gasteiger partial charge in [-0.2, -0.15) is 0 Å². The van der Waals surface area contributed by atoms with Gasteiger partial charge in [0.05, 0.1) is 7.11 Å². The summed E-state index contributed by atoms with van der Waals surface area (Å²) in [6, 6.07) is 3.68. The Kier molecular flexibility index (Phi) is 4.05. The highest BCUT2D eigenvalue weighted by atomic mass is 35.5. The van der Waals surface area contributed by atoms with Crippen molar-refractivity contribution < 1.29 is 14.2 Å². The first-order valence-electron chi connectivity index (χ1n) is 4.51. The fraction of sp³-hybridized carbons (Fsp3) is 0.400. The van der Waals surface area contributed by atoms with Crippen LogP contribution in [0.1, 0.15) is 5.56 Å². The van der Waals surface area contributed by atoms with E-state index < -0.39 is 0 Å². The smallest absolute Gasteiger partial charge is 0.165 e. The number of halogens is 1. The minimum atomic E-state index is 0. The van der Waals surface area contributed by atoms with E-state index in [-0.39, 0.29) is 12.4 Å². The maximum Gasteiger partial charge on any atom is 0.165 e. The highest BCUT2D eigenvalue weighted by Crippen LogP contribution is 2.36. The molecule has 5 heteroatoms. The van der Waals surface area contributed by atoms with Gasteiger partial charge in [0.2, 0.25) is 0 Å². The van der Waals surface area contributed by atoms with E-state index in [1.54, 1.807) is 7.11 Å². The molecule has 1 aromatic carbocycles. The van der Waals surface area contributed by atoms with Crippen molar-refractivity contribution in [2.24, 2.45) is 5.73 Å². The van der Waals surface area contributed by atoms with Gasteiger partial charge in [0.1, 0.15) is 19.0 Å². The van der Waals surface area contributed by atoms with Crippen LogP contribution in [0.4, 0.5) is 0 Å². The number of rotatable bonds is 2. The summed E-state index contributed by atoms with van der Waals surface area (Å²) in [5.74, 6) is 2.22. The standard InChI is InChI=1S/C10H13NO3.ClH/c1-12-8-5-10-9(4-7(8)6-11)13-2-3-14-10;/h4-5H,2-3,6,11H2,1H3;1H. The lowest BCUT2D eigenvalue weighted by Crippen LogP contribution is -2.16. The van der Waals surface area contributed by atoms with E-state index in [2.05, 4.69) is 0 Å². The van der Waals surface area contributed by atoms with Crippen molar-refractivity contribution in [3.05, 3.63) is 17.7 Å². The Labute approximate surface area is 94.7 Å². The third-order valence-corrected chi connectivity index (χ3v) is 2.17. The molecule has 15 heavy (non-hydrogen) atoms. The first kappa shape index (κ1) is 11.9. The van der Waals surface area contributed by atoms with Crippen molar-refractivity contribution in [3.63, 3.8) is 0 Å². The first-order chi connectivity index (χ1) is 6.85. The molecule has 4 nitrogen and oxygen atoms in total. The van der Waals surface area contributed by atoms with Crippen molar-refractivity contribution >= 4 is 12.4 Å². The van der Waals surface area contributed by atoms with Gasteiger partial charge < -0.3 is 19.9 Å². The summed E-state index contributed by atoms with van der Waals surface area (Å²) in [6.07, 6.45) is 0.